The number of rotatable bonds is 5. The first-order valence-electron chi connectivity index (χ1n) is 7.78. The average Bonchev–Trinajstić information content (AvgIpc) is 3.39. The van der Waals surface area contributed by atoms with Crippen LogP contribution in [0.3, 0.4) is 0 Å². The molecule has 3 heterocycles. The normalized spacial score (nSPS) is 10.6. The van der Waals surface area contributed by atoms with Crippen molar-refractivity contribution in [3.05, 3.63) is 71.6 Å². The molecule has 0 aliphatic heterocycles. The first-order chi connectivity index (χ1) is 12.8. The van der Waals surface area contributed by atoms with Gasteiger partial charge < -0.3 is 5.32 Å². The van der Waals surface area contributed by atoms with Gasteiger partial charge in [-0.1, -0.05) is 24.3 Å². The highest BCUT2D eigenvalue weighted by Crippen LogP contribution is 2.20. The third kappa shape index (κ3) is 3.33. The fourth-order valence-electron chi connectivity index (χ4n) is 2.33. The summed E-state index contributed by atoms with van der Waals surface area (Å²) in [6.45, 7) is 0.188. The molecule has 1 amide bonds. The van der Waals surface area contributed by atoms with Gasteiger partial charge in [0, 0.05) is 12.4 Å². The molecule has 0 atom stereocenters. The Morgan fingerprint density at radius 3 is 2.62 bits per heavy atom. The standard InChI is InChI=1S/C17H13N7OS/c25-17(12-9-18-16(19-10-12)14-7-4-8-26-14)20-11-15-21-22-23-24(15)13-5-2-1-3-6-13/h1-10H,11H2,(H,20,25). The van der Waals surface area contributed by atoms with Gasteiger partial charge in [0.2, 0.25) is 0 Å². The predicted octanol–water partition coefficient (Wildman–Crippen LogP) is 2.11. The molecule has 0 unspecified atom stereocenters. The summed E-state index contributed by atoms with van der Waals surface area (Å²) in [6, 6.07) is 13.3. The van der Waals surface area contributed by atoms with Crippen LogP contribution in [0.4, 0.5) is 0 Å². The van der Waals surface area contributed by atoms with Crippen LogP contribution in [0.15, 0.2) is 60.2 Å². The van der Waals surface area contributed by atoms with Crippen molar-refractivity contribution in [1.29, 1.82) is 0 Å². The number of para-hydroxylation sites is 1. The molecule has 1 N–H and O–H groups in total. The number of carbonyl (C=O) groups is 1. The summed E-state index contributed by atoms with van der Waals surface area (Å²) in [4.78, 5) is 21.8. The molecule has 0 aliphatic rings. The Balaban J connectivity index is 1.44. The molecule has 0 spiro atoms. The molecular formula is C17H13N7OS. The first-order valence-corrected chi connectivity index (χ1v) is 8.66. The van der Waals surface area contributed by atoms with Gasteiger partial charge in [0.05, 0.1) is 22.7 Å². The van der Waals surface area contributed by atoms with Crippen molar-refractivity contribution in [2.45, 2.75) is 6.54 Å². The number of hydrogen-bond acceptors (Lipinski definition) is 7. The minimum absolute atomic E-state index is 0.188. The van der Waals surface area contributed by atoms with Gasteiger partial charge in [-0.3, -0.25) is 4.79 Å². The minimum atomic E-state index is -0.287. The fourth-order valence-corrected chi connectivity index (χ4v) is 3.00. The number of carbonyl (C=O) groups excluding carboxylic acids is 1. The molecule has 128 valence electrons. The van der Waals surface area contributed by atoms with Gasteiger partial charge in [-0.25, -0.2) is 9.97 Å². The molecule has 0 aliphatic carbocycles. The van der Waals surface area contributed by atoms with Gasteiger partial charge in [0.25, 0.3) is 5.91 Å². The highest BCUT2D eigenvalue weighted by Gasteiger charge is 2.12. The maximum atomic E-state index is 12.3. The smallest absolute Gasteiger partial charge is 0.254 e. The lowest BCUT2D eigenvalue weighted by Crippen LogP contribution is -2.25. The number of nitrogens with zero attached hydrogens (tertiary/aromatic N) is 6. The highest BCUT2D eigenvalue weighted by atomic mass is 32.1. The Morgan fingerprint density at radius 2 is 1.88 bits per heavy atom. The summed E-state index contributed by atoms with van der Waals surface area (Å²) in [5, 5.41) is 16.3. The van der Waals surface area contributed by atoms with Crippen LogP contribution in [-0.2, 0) is 6.54 Å². The quantitative estimate of drug-likeness (QED) is 0.583. The van der Waals surface area contributed by atoms with Crippen LogP contribution in [-0.4, -0.2) is 36.1 Å². The summed E-state index contributed by atoms with van der Waals surface area (Å²) in [5.41, 5.74) is 1.20. The van der Waals surface area contributed by atoms with E-state index >= 15 is 0 Å². The zero-order valence-electron chi connectivity index (χ0n) is 13.5. The highest BCUT2D eigenvalue weighted by molar-refractivity contribution is 7.13. The van der Waals surface area contributed by atoms with E-state index in [0.29, 0.717) is 17.2 Å². The van der Waals surface area contributed by atoms with Crippen molar-refractivity contribution in [2.75, 3.05) is 0 Å². The van der Waals surface area contributed by atoms with Crippen LogP contribution < -0.4 is 5.32 Å². The molecular weight excluding hydrogens is 350 g/mol. The van der Waals surface area contributed by atoms with Gasteiger partial charge in [0.15, 0.2) is 11.6 Å². The first kappa shape index (κ1) is 16.0. The van der Waals surface area contributed by atoms with Gasteiger partial charge in [-0.05, 0) is 34.0 Å². The Kier molecular flexibility index (Phi) is 4.44. The van der Waals surface area contributed by atoms with E-state index in [9.17, 15) is 4.79 Å². The molecule has 8 nitrogen and oxygen atoms in total. The predicted molar refractivity (Wildman–Crippen MR) is 95.7 cm³/mol. The summed E-state index contributed by atoms with van der Waals surface area (Å²) in [5.74, 6) is 0.843. The molecule has 26 heavy (non-hydrogen) atoms. The van der Waals surface area contributed by atoms with Crippen LogP contribution in [0.2, 0.25) is 0 Å². The van der Waals surface area contributed by atoms with Crippen LogP contribution in [0.1, 0.15) is 16.2 Å². The molecule has 4 rings (SSSR count). The van der Waals surface area contributed by atoms with Crippen LogP contribution in [0.5, 0.6) is 0 Å². The van der Waals surface area contributed by atoms with E-state index in [2.05, 4.69) is 30.8 Å². The van der Waals surface area contributed by atoms with Crippen molar-refractivity contribution in [3.8, 4) is 16.4 Å². The lowest BCUT2D eigenvalue weighted by atomic mass is 10.3. The number of aromatic nitrogens is 6. The van der Waals surface area contributed by atoms with E-state index in [1.165, 1.54) is 12.4 Å². The maximum absolute atomic E-state index is 12.3. The largest absolute Gasteiger partial charge is 0.345 e. The molecule has 1 aromatic carbocycles. The van der Waals surface area contributed by atoms with Crippen molar-refractivity contribution >= 4 is 17.2 Å². The SMILES string of the molecule is O=C(NCc1nnnn1-c1ccccc1)c1cnc(-c2cccs2)nc1. The lowest BCUT2D eigenvalue weighted by Gasteiger charge is -2.06. The fraction of sp³-hybridized carbons (Fsp3) is 0.0588. The third-order valence-corrected chi connectivity index (χ3v) is 4.46. The van der Waals surface area contributed by atoms with Crippen molar-refractivity contribution in [3.63, 3.8) is 0 Å². The van der Waals surface area contributed by atoms with Crippen molar-refractivity contribution < 1.29 is 4.79 Å². The van der Waals surface area contributed by atoms with E-state index in [1.54, 1.807) is 16.0 Å². The second-order valence-electron chi connectivity index (χ2n) is 5.30. The molecule has 0 radical (unpaired) electrons. The van der Waals surface area contributed by atoms with Crippen LogP contribution in [0.25, 0.3) is 16.4 Å². The Hall–Kier alpha value is -3.46. The van der Waals surface area contributed by atoms with Gasteiger partial charge >= 0.3 is 0 Å². The van der Waals surface area contributed by atoms with E-state index < -0.39 is 0 Å². The van der Waals surface area contributed by atoms with Crippen molar-refractivity contribution in [1.82, 2.24) is 35.5 Å². The topological polar surface area (TPSA) is 98.5 Å². The van der Waals surface area contributed by atoms with E-state index in [-0.39, 0.29) is 12.5 Å². The molecule has 3 aromatic heterocycles. The monoisotopic (exact) mass is 363 g/mol. The van der Waals surface area contributed by atoms with Gasteiger partial charge in [-0.15, -0.1) is 16.4 Å². The molecule has 0 fully saturated rings. The summed E-state index contributed by atoms with van der Waals surface area (Å²) in [6.07, 6.45) is 3.02. The Morgan fingerprint density at radius 1 is 1.08 bits per heavy atom. The lowest BCUT2D eigenvalue weighted by molar-refractivity contribution is 0.0949. The second kappa shape index (κ2) is 7.19. The number of amides is 1. The maximum Gasteiger partial charge on any atom is 0.254 e. The molecule has 0 saturated carbocycles. The third-order valence-electron chi connectivity index (χ3n) is 3.60. The van der Waals surface area contributed by atoms with E-state index in [0.717, 1.165) is 10.6 Å². The minimum Gasteiger partial charge on any atom is -0.345 e. The van der Waals surface area contributed by atoms with E-state index in [1.807, 2.05) is 47.8 Å². The van der Waals surface area contributed by atoms with Crippen LogP contribution >= 0.6 is 11.3 Å². The zero-order chi connectivity index (χ0) is 17.8. The van der Waals surface area contributed by atoms with Gasteiger partial charge in [0.1, 0.15) is 0 Å². The zero-order valence-corrected chi connectivity index (χ0v) is 14.3. The van der Waals surface area contributed by atoms with Crippen LogP contribution in [0, 0.1) is 0 Å². The molecule has 9 heteroatoms. The Bertz CT molecular complexity index is 997. The molecule has 0 bridgehead atoms. The number of nitrogens with one attached hydrogen (secondary N) is 1. The average molecular weight is 363 g/mol. The number of thiophene rings is 1. The Labute approximate surface area is 152 Å². The van der Waals surface area contributed by atoms with Gasteiger partial charge in [-0.2, -0.15) is 4.68 Å². The second-order valence-corrected chi connectivity index (χ2v) is 6.25. The number of tetrazole rings is 1. The molecule has 4 aromatic rings. The van der Waals surface area contributed by atoms with Crippen molar-refractivity contribution in [2.24, 2.45) is 0 Å². The summed E-state index contributed by atoms with van der Waals surface area (Å²) < 4.78 is 1.58. The molecule has 0 saturated heterocycles. The summed E-state index contributed by atoms with van der Waals surface area (Å²) >= 11 is 1.55. The number of benzene rings is 1. The summed E-state index contributed by atoms with van der Waals surface area (Å²) in [7, 11) is 0. The van der Waals surface area contributed by atoms with E-state index in [4.69, 9.17) is 0 Å². The number of hydrogen-bond donors (Lipinski definition) is 1.